The van der Waals surface area contributed by atoms with E-state index >= 15 is 0 Å². The molecule has 1 heterocycles. The quantitative estimate of drug-likeness (QED) is 0.924. The van der Waals surface area contributed by atoms with E-state index in [9.17, 15) is 9.90 Å². The van der Waals surface area contributed by atoms with Crippen molar-refractivity contribution in [2.45, 2.75) is 39.0 Å². The van der Waals surface area contributed by atoms with Crippen LogP contribution in [0.5, 0.6) is 5.75 Å². The molecule has 1 aliphatic carbocycles. The highest BCUT2D eigenvalue weighted by molar-refractivity contribution is 6.30. The van der Waals surface area contributed by atoms with Crippen molar-refractivity contribution in [3.8, 4) is 5.75 Å². The highest BCUT2D eigenvalue weighted by Crippen LogP contribution is 2.46. The molecule has 2 unspecified atom stereocenters. The molecule has 1 fully saturated rings. The predicted octanol–water partition coefficient (Wildman–Crippen LogP) is 3.71. The second-order valence-electron chi connectivity index (χ2n) is 6.26. The molecule has 1 aliphatic heterocycles. The zero-order valence-corrected chi connectivity index (χ0v) is 12.4. The smallest absolute Gasteiger partial charge is 0.309 e. The van der Waals surface area contributed by atoms with Gasteiger partial charge in [0.05, 0.1) is 12.0 Å². The third kappa shape index (κ3) is 2.28. The molecule has 0 amide bonds. The van der Waals surface area contributed by atoms with Crippen molar-refractivity contribution in [1.82, 2.24) is 0 Å². The van der Waals surface area contributed by atoms with Crippen LogP contribution in [0.15, 0.2) is 12.1 Å². The monoisotopic (exact) mass is 294 g/mol. The van der Waals surface area contributed by atoms with Gasteiger partial charge in [0.25, 0.3) is 0 Å². The van der Waals surface area contributed by atoms with Crippen LogP contribution < -0.4 is 4.74 Å². The summed E-state index contributed by atoms with van der Waals surface area (Å²) >= 11 is 6.16. The molecule has 0 bridgehead atoms. The minimum Gasteiger partial charge on any atom is -0.493 e. The number of aliphatic carboxylic acids is 1. The van der Waals surface area contributed by atoms with Gasteiger partial charge in [-0.05, 0) is 54.9 Å². The van der Waals surface area contributed by atoms with Gasteiger partial charge >= 0.3 is 5.97 Å². The number of carboxylic acid groups (broad SMARTS) is 1. The number of carbonyl (C=O) groups is 1. The molecule has 2 aliphatic rings. The largest absolute Gasteiger partial charge is 0.493 e. The molecule has 4 heteroatoms. The van der Waals surface area contributed by atoms with Gasteiger partial charge in [0.1, 0.15) is 5.75 Å². The van der Waals surface area contributed by atoms with E-state index in [-0.39, 0.29) is 0 Å². The molecular formula is C16H19ClO3. The third-order valence-electron chi connectivity index (χ3n) is 4.66. The summed E-state index contributed by atoms with van der Waals surface area (Å²) in [4.78, 5) is 11.8. The van der Waals surface area contributed by atoms with E-state index < -0.39 is 11.4 Å². The van der Waals surface area contributed by atoms with Crippen molar-refractivity contribution in [2.75, 3.05) is 6.61 Å². The van der Waals surface area contributed by atoms with Gasteiger partial charge in [-0.15, -0.1) is 0 Å². The van der Waals surface area contributed by atoms with Crippen molar-refractivity contribution in [3.63, 3.8) is 0 Å². The Morgan fingerprint density at radius 2 is 2.35 bits per heavy atom. The van der Waals surface area contributed by atoms with E-state index in [2.05, 4.69) is 6.92 Å². The third-order valence-corrected chi connectivity index (χ3v) is 4.88. The maximum absolute atomic E-state index is 11.8. The minimum absolute atomic E-state index is 0.472. The summed E-state index contributed by atoms with van der Waals surface area (Å²) in [6.45, 7) is 2.79. The summed E-state index contributed by atoms with van der Waals surface area (Å²) in [5.41, 5.74) is 1.42. The van der Waals surface area contributed by atoms with Crippen LogP contribution in [0.1, 0.15) is 37.3 Å². The van der Waals surface area contributed by atoms with Gasteiger partial charge in [0, 0.05) is 11.4 Å². The van der Waals surface area contributed by atoms with Gasteiger partial charge in [0.2, 0.25) is 0 Å². The summed E-state index contributed by atoms with van der Waals surface area (Å²) in [5, 5.41) is 10.4. The molecule has 1 aromatic rings. The Hall–Kier alpha value is -1.22. The van der Waals surface area contributed by atoms with Gasteiger partial charge < -0.3 is 9.84 Å². The molecule has 3 nitrogen and oxygen atoms in total. The molecule has 108 valence electrons. The normalized spacial score (nSPS) is 28.2. The SMILES string of the molecule is CC1CCC(Cc2cc(Cl)cc3c2OCC3)(C(=O)O)C1. The van der Waals surface area contributed by atoms with Crippen molar-refractivity contribution >= 4 is 17.6 Å². The van der Waals surface area contributed by atoms with Gasteiger partial charge in [-0.3, -0.25) is 4.79 Å². The molecule has 0 aromatic heterocycles. The standard InChI is InChI=1S/C16H19ClO3/c1-10-2-4-16(8-10,15(18)19)9-12-7-13(17)6-11-3-5-20-14(11)12/h6-7,10H,2-5,8-9H2,1H3,(H,18,19). The van der Waals surface area contributed by atoms with E-state index in [1.165, 1.54) is 0 Å². The van der Waals surface area contributed by atoms with E-state index in [1.807, 2.05) is 12.1 Å². The number of hydrogen-bond donors (Lipinski definition) is 1. The lowest BCUT2D eigenvalue weighted by molar-refractivity contribution is -0.148. The molecule has 2 atom stereocenters. The first kappa shape index (κ1) is 13.7. The van der Waals surface area contributed by atoms with Crippen LogP contribution in [0.4, 0.5) is 0 Å². The Kier molecular flexibility index (Phi) is 3.41. The lowest BCUT2D eigenvalue weighted by Crippen LogP contribution is -2.30. The fourth-order valence-corrected chi connectivity index (χ4v) is 3.93. The Labute approximate surface area is 123 Å². The van der Waals surface area contributed by atoms with Crippen LogP contribution in [0.2, 0.25) is 5.02 Å². The van der Waals surface area contributed by atoms with Crippen molar-refractivity contribution in [3.05, 3.63) is 28.3 Å². The molecule has 3 rings (SSSR count). The summed E-state index contributed by atoms with van der Waals surface area (Å²) in [6, 6.07) is 3.80. The molecule has 1 aromatic carbocycles. The first-order valence-electron chi connectivity index (χ1n) is 7.18. The fourth-order valence-electron chi connectivity index (χ4n) is 3.67. The van der Waals surface area contributed by atoms with Gasteiger partial charge in [-0.25, -0.2) is 0 Å². The predicted molar refractivity (Wildman–Crippen MR) is 77.4 cm³/mol. The lowest BCUT2D eigenvalue weighted by Gasteiger charge is -2.25. The minimum atomic E-state index is -0.687. The van der Waals surface area contributed by atoms with Gasteiger partial charge in [-0.1, -0.05) is 18.5 Å². The average molecular weight is 295 g/mol. The molecular weight excluding hydrogens is 276 g/mol. The fraction of sp³-hybridized carbons (Fsp3) is 0.562. The van der Waals surface area contributed by atoms with Crippen LogP contribution in [0, 0.1) is 11.3 Å². The van der Waals surface area contributed by atoms with Crippen molar-refractivity contribution < 1.29 is 14.6 Å². The molecule has 1 N–H and O–H groups in total. The summed E-state index contributed by atoms with van der Waals surface area (Å²) in [7, 11) is 0. The van der Waals surface area contributed by atoms with E-state index in [0.717, 1.165) is 42.6 Å². The number of ether oxygens (including phenoxy) is 1. The molecule has 0 radical (unpaired) electrons. The van der Waals surface area contributed by atoms with Crippen molar-refractivity contribution in [2.24, 2.45) is 11.3 Å². The van der Waals surface area contributed by atoms with E-state index in [4.69, 9.17) is 16.3 Å². The molecule has 1 saturated carbocycles. The van der Waals surface area contributed by atoms with Crippen LogP contribution in [-0.4, -0.2) is 17.7 Å². The van der Waals surface area contributed by atoms with Crippen molar-refractivity contribution in [1.29, 1.82) is 0 Å². The van der Waals surface area contributed by atoms with Crippen LogP contribution in [-0.2, 0) is 17.6 Å². The number of fused-ring (bicyclic) bond motifs is 1. The molecule has 20 heavy (non-hydrogen) atoms. The Balaban J connectivity index is 1.96. The highest BCUT2D eigenvalue weighted by Gasteiger charge is 2.44. The summed E-state index contributed by atoms with van der Waals surface area (Å²) in [5.74, 6) is 0.655. The molecule has 0 saturated heterocycles. The van der Waals surface area contributed by atoms with Crippen LogP contribution >= 0.6 is 11.6 Å². The Morgan fingerprint density at radius 1 is 1.55 bits per heavy atom. The van der Waals surface area contributed by atoms with Crippen LogP contribution in [0.3, 0.4) is 0 Å². The zero-order chi connectivity index (χ0) is 14.3. The first-order valence-corrected chi connectivity index (χ1v) is 7.55. The maximum Gasteiger partial charge on any atom is 0.309 e. The summed E-state index contributed by atoms with van der Waals surface area (Å²) < 4.78 is 5.69. The number of benzene rings is 1. The topological polar surface area (TPSA) is 46.5 Å². The van der Waals surface area contributed by atoms with Crippen LogP contribution in [0.25, 0.3) is 0 Å². The second-order valence-corrected chi connectivity index (χ2v) is 6.70. The zero-order valence-electron chi connectivity index (χ0n) is 11.6. The lowest BCUT2D eigenvalue weighted by atomic mass is 9.79. The number of hydrogen-bond acceptors (Lipinski definition) is 2. The highest BCUT2D eigenvalue weighted by atomic mass is 35.5. The Morgan fingerprint density at radius 3 is 3.00 bits per heavy atom. The molecule has 0 spiro atoms. The van der Waals surface area contributed by atoms with Gasteiger partial charge in [0.15, 0.2) is 0 Å². The second kappa shape index (κ2) is 4.96. The summed E-state index contributed by atoms with van der Waals surface area (Å²) in [6.07, 6.45) is 3.85. The average Bonchev–Trinajstić information content (AvgIpc) is 2.96. The number of carboxylic acids is 1. The number of halogens is 1. The Bertz CT molecular complexity index is 555. The van der Waals surface area contributed by atoms with E-state index in [1.54, 1.807) is 0 Å². The maximum atomic E-state index is 11.8. The number of rotatable bonds is 3. The van der Waals surface area contributed by atoms with E-state index in [0.29, 0.717) is 24.0 Å². The van der Waals surface area contributed by atoms with Gasteiger partial charge in [-0.2, -0.15) is 0 Å². The first-order chi connectivity index (χ1) is 9.50.